The molecule has 1 aromatic carbocycles. The number of aryl methyl sites for hydroxylation is 1. The molecule has 0 bridgehead atoms. The number of aliphatic hydroxyl groups excluding tert-OH is 2. The van der Waals surface area contributed by atoms with E-state index in [2.05, 4.69) is 25.4 Å². The lowest BCUT2D eigenvalue weighted by Gasteiger charge is -2.16. The number of aromatic nitrogens is 5. The maximum absolute atomic E-state index is 11.4. The SMILES string of the molecule is CCc1cc([C@H]2O[C@@H](n3cnc4c(N)nc(NCCc5ccc(S(N)(=O)=O)cc5)nc43)[C@H](O)C2O)on1. The molecule has 14 nitrogen and oxygen atoms in total. The molecule has 196 valence electrons. The van der Waals surface area contributed by atoms with E-state index in [1.165, 1.54) is 23.0 Å². The first-order valence-corrected chi connectivity index (χ1v) is 13.0. The summed E-state index contributed by atoms with van der Waals surface area (Å²) < 4.78 is 35.5. The van der Waals surface area contributed by atoms with E-state index < -0.39 is 34.6 Å². The molecule has 4 atom stereocenters. The quantitative estimate of drug-likeness (QED) is 0.207. The summed E-state index contributed by atoms with van der Waals surface area (Å²) in [6, 6.07) is 7.92. The van der Waals surface area contributed by atoms with Crippen LogP contribution >= 0.6 is 0 Å². The molecule has 0 spiro atoms. The first kappa shape index (κ1) is 25.0. The number of rotatable bonds is 8. The molecule has 7 N–H and O–H groups in total. The van der Waals surface area contributed by atoms with E-state index in [0.717, 1.165) is 5.56 Å². The van der Waals surface area contributed by atoms with E-state index in [0.29, 0.717) is 42.0 Å². The molecule has 0 aliphatic carbocycles. The molecule has 5 rings (SSSR count). The largest absolute Gasteiger partial charge is 0.387 e. The van der Waals surface area contributed by atoms with Crippen molar-refractivity contribution in [1.82, 2.24) is 24.7 Å². The number of nitrogens with one attached hydrogen (secondary N) is 1. The van der Waals surface area contributed by atoms with Crippen LogP contribution in [0.1, 0.15) is 36.3 Å². The molecular formula is C22H26N8O6S. The van der Waals surface area contributed by atoms with Crippen LogP contribution in [0, 0.1) is 0 Å². The van der Waals surface area contributed by atoms with Crippen LogP contribution in [0.4, 0.5) is 11.8 Å². The van der Waals surface area contributed by atoms with Crippen molar-refractivity contribution in [2.75, 3.05) is 17.6 Å². The summed E-state index contributed by atoms with van der Waals surface area (Å²) in [6.07, 6.45) is -1.91. The van der Waals surface area contributed by atoms with Crippen molar-refractivity contribution in [2.24, 2.45) is 5.14 Å². The molecule has 4 heterocycles. The number of aliphatic hydroxyl groups is 2. The van der Waals surface area contributed by atoms with Gasteiger partial charge in [-0.1, -0.05) is 24.2 Å². The molecule has 1 saturated heterocycles. The number of anilines is 2. The summed E-state index contributed by atoms with van der Waals surface area (Å²) in [5.41, 5.74) is 8.29. The van der Waals surface area contributed by atoms with Gasteiger partial charge >= 0.3 is 0 Å². The number of fused-ring (bicyclic) bond motifs is 1. The minimum atomic E-state index is -3.75. The zero-order valence-corrected chi connectivity index (χ0v) is 20.5. The molecule has 0 amide bonds. The third-order valence-corrected chi connectivity index (χ3v) is 7.06. The highest BCUT2D eigenvalue weighted by atomic mass is 32.2. The average Bonchev–Trinajstić information content (AvgIpc) is 3.57. The highest BCUT2D eigenvalue weighted by Crippen LogP contribution is 2.40. The second kappa shape index (κ2) is 9.68. The fraction of sp³-hybridized carbons (Fsp3) is 0.364. The highest BCUT2D eigenvalue weighted by molar-refractivity contribution is 7.89. The lowest BCUT2D eigenvalue weighted by atomic mass is 10.1. The normalized spacial score (nSPS) is 22.1. The number of primary sulfonamides is 1. The Morgan fingerprint density at radius 2 is 1.92 bits per heavy atom. The number of imidazole rings is 1. The number of nitrogens with two attached hydrogens (primary N) is 2. The van der Waals surface area contributed by atoms with Gasteiger partial charge in [-0.05, 0) is 30.5 Å². The number of sulfonamides is 1. The summed E-state index contributed by atoms with van der Waals surface area (Å²) in [5.74, 6) is 0.653. The Balaban J connectivity index is 1.33. The highest BCUT2D eigenvalue weighted by Gasteiger charge is 2.46. The Morgan fingerprint density at radius 1 is 1.16 bits per heavy atom. The molecule has 1 fully saturated rings. The van der Waals surface area contributed by atoms with Crippen LogP contribution in [-0.2, 0) is 27.6 Å². The van der Waals surface area contributed by atoms with Crippen molar-refractivity contribution in [1.29, 1.82) is 0 Å². The maximum atomic E-state index is 11.4. The van der Waals surface area contributed by atoms with Gasteiger partial charge in [-0.25, -0.2) is 18.5 Å². The van der Waals surface area contributed by atoms with Gasteiger partial charge in [-0.2, -0.15) is 9.97 Å². The van der Waals surface area contributed by atoms with E-state index in [9.17, 15) is 18.6 Å². The fourth-order valence-electron chi connectivity index (χ4n) is 4.12. The van der Waals surface area contributed by atoms with Crippen LogP contribution in [0.3, 0.4) is 0 Å². The third kappa shape index (κ3) is 4.86. The Hall–Kier alpha value is -3.63. The van der Waals surface area contributed by atoms with Crippen molar-refractivity contribution in [3.63, 3.8) is 0 Å². The number of hydrogen-bond acceptors (Lipinski definition) is 12. The summed E-state index contributed by atoms with van der Waals surface area (Å²) >= 11 is 0. The second-order valence-electron chi connectivity index (χ2n) is 8.62. The predicted octanol–water partition coefficient (Wildman–Crippen LogP) is 0.253. The van der Waals surface area contributed by atoms with Gasteiger partial charge in [0, 0.05) is 12.6 Å². The van der Waals surface area contributed by atoms with E-state index in [-0.39, 0.29) is 16.7 Å². The first-order valence-electron chi connectivity index (χ1n) is 11.5. The van der Waals surface area contributed by atoms with E-state index in [1.807, 2.05) is 6.92 Å². The molecule has 4 aromatic rings. The zero-order chi connectivity index (χ0) is 26.3. The lowest BCUT2D eigenvalue weighted by molar-refractivity contribution is -0.0434. The van der Waals surface area contributed by atoms with Gasteiger partial charge < -0.3 is 30.5 Å². The van der Waals surface area contributed by atoms with Crippen LogP contribution in [0.5, 0.6) is 0 Å². The Bertz CT molecular complexity index is 1520. The van der Waals surface area contributed by atoms with Crippen LogP contribution in [0.25, 0.3) is 11.2 Å². The summed E-state index contributed by atoms with van der Waals surface area (Å²) in [6.45, 7) is 2.34. The number of nitrogens with zero attached hydrogens (tertiary/aromatic N) is 5. The predicted molar refractivity (Wildman–Crippen MR) is 131 cm³/mol. The summed E-state index contributed by atoms with van der Waals surface area (Å²) in [5, 5.41) is 33.5. The molecule has 1 aliphatic rings. The maximum Gasteiger partial charge on any atom is 0.238 e. The monoisotopic (exact) mass is 530 g/mol. The van der Waals surface area contributed by atoms with Gasteiger partial charge in [0.2, 0.25) is 16.0 Å². The topological polar surface area (TPSA) is 218 Å². The lowest BCUT2D eigenvalue weighted by Crippen LogP contribution is -2.29. The molecule has 0 saturated carbocycles. The van der Waals surface area contributed by atoms with Gasteiger partial charge in [0.25, 0.3) is 0 Å². The molecular weight excluding hydrogens is 504 g/mol. The molecule has 37 heavy (non-hydrogen) atoms. The zero-order valence-electron chi connectivity index (χ0n) is 19.7. The number of ether oxygens (including phenoxy) is 1. The second-order valence-corrected chi connectivity index (χ2v) is 10.2. The minimum Gasteiger partial charge on any atom is -0.387 e. The Kier molecular flexibility index (Phi) is 6.55. The Morgan fingerprint density at radius 3 is 2.59 bits per heavy atom. The van der Waals surface area contributed by atoms with Gasteiger partial charge in [0.1, 0.15) is 23.8 Å². The van der Waals surface area contributed by atoms with Crippen molar-refractivity contribution in [2.45, 2.75) is 49.2 Å². The number of nitrogen functional groups attached to an aromatic ring is 1. The van der Waals surface area contributed by atoms with Crippen molar-refractivity contribution >= 4 is 33.0 Å². The summed E-state index contributed by atoms with van der Waals surface area (Å²) in [7, 11) is -3.75. The third-order valence-electron chi connectivity index (χ3n) is 6.13. The Labute approximate surface area is 211 Å². The number of benzene rings is 1. The first-order chi connectivity index (χ1) is 17.7. The van der Waals surface area contributed by atoms with Gasteiger partial charge in [0.05, 0.1) is 16.9 Å². The number of hydrogen-bond donors (Lipinski definition) is 5. The van der Waals surface area contributed by atoms with Gasteiger partial charge in [-0.3, -0.25) is 4.57 Å². The molecule has 3 aromatic heterocycles. The molecule has 1 aliphatic heterocycles. The van der Waals surface area contributed by atoms with Crippen molar-refractivity contribution < 1.29 is 27.9 Å². The van der Waals surface area contributed by atoms with Crippen molar-refractivity contribution in [3.8, 4) is 0 Å². The van der Waals surface area contributed by atoms with E-state index >= 15 is 0 Å². The van der Waals surface area contributed by atoms with Gasteiger partial charge in [0.15, 0.2) is 23.5 Å². The standard InChI is InChI=1S/C22H26N8O6S/c1-2-12-9-14(36-29-12)18-16(31)17(32)21(35-18)30-10-26-15-19(23)27-22(28-20(15)30)25-8-7-11-3-5-13(6-4-11)37(24,33)34/h3-6,9-10,16-18,21,31-32H,2,7-8H2,1H3,(H2,24,33,34)(H3,23,25,27,28)/t16?,17-,18-,21-/m1/s1. The van der Waals surface area contributed by atoms with Crippen LogP contribution in [-0.4, -0.2) is 62.1 Å². The van der Waals surface area contributed by atoms with Crippen LogP contribution in [0.15, 0.2) is 46.1 Å². The smallest absolute Gasteiger partial charge is 0.238 e. The van der Waals surface area contributed by atoms with Crippen molar-refractivity contribution in [3.05, 3.63) is 53.7 Å². The van der Waals surface area contributed by atoms with E-state index in [1.54, 1.807) is 18.2 Å². The van der Waals surface area contributed by atoms with Gasteiger partial charge in [-0.15, -0.1) is 0 Å². The molecule has 15 heteroatoms. The fourth-order valence-corrected chi connectivity index (χ4v) is 4.64. The van der Waals surface area contributed by atoms with Crippen LogP contribution in [0.2, 0.25) is 0 Å². The molecule has 0 radical (unpaired) electrons. The summed E-state index contributed by atoms with van der Waals surface area (Å²) in [4.78, 5) is 13.0. The average molecular weight is 531 g/mol. The van der Waals surface area contributed by atoms with E-state index in [4.69, 9.17) is 20.1 Å². The molecule has 1 unspecified atom stereocenters. The van der Waals surface area contributed by atoms with Crippen LogP contribution < -0.4 is 16.2 Å². The minimum absolute atomic E-state index is 0.0387.